The number of fused-ring (bicyclic) bond motifs is 1. The Labute approximate surface area is 198 Å². The van der Waals surface area contributed by atoms with Gasteiger partial charge in [0.25, 0.3) is 0 Å². The van der Waals surface area contributed by atoms with E-state index in [0.29, 0.717) is 12.3 Å². The summed E-state index contributed by atoms with van der Waals surface area (Å²) in [6, 6.07) is 22.1. The number of para-hydroxylation sites is 2. The minimum Gasteiger partial charge on any atom is -0.497 e. The Morgan fingerprint density at radius 1 is 1.06 bits per heavy atom. The molecular weight excluding hydrogens is 431 g/mol. The van der Waals surface area contributed by atoms with Gasteiger partial charge >= 0.3 is 0 Å². The van der Waals surface area contributed by atoms with Crippen molar-refractivity contribution in [2.24, 2.45) is 5.92 Å². The SMILES string of the molecule is COc1cccc(NC(=O)C2CCN(c3nc4ccccc4n3Cc3cccc(F)c3)CC2)c1. The number of nitrogens with zero attached hydrogens (tertiary/aromatic N) is 3. The van der Waals surface area contributed by atoms with Gasteiger partial charge in [-0.1, -0.05) is 30.3 Å². The van der Waals surface area contributed by atoms with Crippen LogP contribution in [-0.4, -0.2) is 35.7 Å². The molecule has 0 aliphatic carbocycles. The molecule has 2 heterocycles. The molecule has 3 aromatic carbocycles. The molecule has 174 valence electrons. The van der Waals surface area contributed by atoms with Gasteiger partial charge in [-0.25, -0.2) is 9.37 Å². The van der Waals surface area contributed by atoms with Gasteiger partial charge in [0, 0.05) is 30.8 Å². The molecule has 1 amide bonds. The zero-order valence-electron chi connectivity index (χ0n) is 19.1. The number of piperidine rings is 1. The number of hydrogen-bond acceptors (Lipinski definition) is 4. The molecule has 0 unspecified atom stereocenters. The van der Waals surface area contributed by atoms with Crippen molar-refractivity contribution in [3.63, 3.8) is 0 Å². The van der Waals surface area contributed by atoms with E-state index in [1.54, 1.807) is 19.2 Å². The van der Waals surface area contributed by atoms with Crippen molar-refractivity contribution in [2.45, 2.75) is 19.4 Å². The molecule has 5 rings (SSSR count). The Morgan fingerprint density at radius 3 is 2.65 bits per heavy atom. The summed E-state index contributed by atoms with van der Waals surface area (Å²) in [6.07, 6.45) is 1.47. The maximum Gasteiger partial charge on any atom is 0.227 e. The standard InChI is InChI=1S/C27H27FN4O2/c1-34-23-9-5-8-22(17-23)29-26(33)20-12-14-31(15-13-20)27-30-24-10-2-3-11-25(24)32(27)18-19-6-4-7-21(28)16-19/h2-11,16-17,20H,12-15,18H2,1H3,(H,29,33). The highest BCUT2D eigenvalue weighted by atomic mass is 19.1. The molecule has 0 atom stereocenters. The van der Waals surface area contributed by atoms with Gasteiger partial charge in [-0.3, -0.25) is 4.79 Å². The van der Waals surface area contributed by atoms with Crippen LogP contribution in [0.5, 0.6) is 5.75 Å². The number of hydrogen-bond donors (Lipinski definition) is 1. The van der Waals surface area contributed by atoms with Crippen LogP contribution in [0.15, 0.2) is 72.8 Å². The van der Waals surface area contributed by atoms with Crippen molar-refractivity contribution in [1.82, 2.24) is 9.55 Å². The van der Waals surface area contributed by atoms with E-state index in [1.165, 1.54) is 6.07 Å². The molecule has 34 heavy (non-hydrogen) atoms. The molecule has 7 heteroatoms. The first-order valence-electron chi connectivity index (χ1n) is 11.5. The van der Waals surface area contributed by atoms with E-state index in [1.807, 2.05) is 54.6 Å². The molecule has 0 bridgehead atoms. The lowest BCUT2D eigenvalue weighted by Gasteiger charge is -2.32. The van der Waals surface area contributed by atoms with Gasteiger partial charge in [-0.15, -0.1) is 0 Å². The van der Waals surface area contributed by atoms with Gasteiger partial charge in [0.1, 0.15) is 11.6 Å². The largest absolute Gasteiger partial charge is 0.497 e. The first-order chi connectivity index (χ1) is 16.6. The third kappa shape index (κ3) is 4.59. The van der Waals surface area contributed by atoms with E-state index in [2.05, 4.69) is 14.8 Å². The average molecular weight is 459 g/mol. The highest BCUT2D eigenvalue weighted by Gasteiger charge is 2.28. The van der Waals surface area contributed by atoms with Crippen LogP contribution in [0, 0.1) is 11.7 Å². The number of amides is 1. The minimum absolute atomic E-state index is 0.0289. The molecule has 0 radical (unpaired) electrons. The number of anilines is 2. The van der Waals surface area contributed by atoms with Crippen molar-refractivity contribution in [3.8, 4) is 5.75 Å². The van der Waals surface area contributed by atoms with Gasteiger partial charge in [0.2, 0.25) is 11.9 Å². The lowest BCUT2D eigenvalue weighted by molar-refractivity contribution is -0.120. The Hall–Kier alpha value is -3.87. The third-order valence-electron chi connectivity index (χ3n) is 6.35. The molecule has 1 aromatic heterocycles. The van der Waals surface area contributed by atoms with Crippen molar-refractivity contribution >= 4 is 28.6 Å². The first-order valence-corrected chi connectivity index (χ1v) is 11.5. The number of halogens is 1. The smallest absolute Gasteiger partial charge is 0.227 e. The molecule has 1 N–H and O–H groups in total. The fraction of sp³-hybridized carbons (Fsp3) is 0.259. The first kappa shape index (κ1) is 21.9. The lowest BCUT2D eigenvalue weighted by Crippen LogP contribution is -2.39. The van der Waals surface area contributed by atoms with Crippen LogP contribution < -0.4 is 15.0 Å². The van der Waals surface area contributed by atoms with Gasteiger partial charge in [0.15, 0.2) is 0 Å². The van der Waals surface area contributed by atoms with E-state index in [9.17, 15) is 9.18 Å². The second kappa shape index (κ2) is 9.55. The summed E-state index contributed by atoms with van der Waals surface area (Å²) in [5.74, 6) is 1.29. The zero-order chi connectivity index (χ0) is 23.5. The molecule has 0 saturated carbocycles. The molecule has 1 fully saturated rings. The van der Waals surface area contributed by atoms with Gasteiger partial charge in [-0.05, 0) is 54.8 Å². The number of aromatic nitrogens is 2. The van der Waals surface area contributed by atoms with E-state index in [4.69, 9.17) is 9.72 Å². The number of rotatable bonds is 6. The summed E-state index contributed by atoms with van der Waals surface area (Å²) in [5, 5.41) is 3.02. The highest BCUT2D eigenvalue weighted by Crippen LogP contribution is 2.29. The fourth-order valence-electron chi connectivity index (χ4n) is 4.56. The van der Waals surface area contributed by atoms with Crippen molar-refractivity contribution in [3.05, 3.63) is 84.2 Å². The van der Waals surface area contributed by atoms with E-state index in [0.717, 1.165) is 54.2 Å². The fourth-order valence-corrected chi connectivity index (χ4v) is 4.56. The Bertz CT molecular complexity index is 1310. The predicted molar refractivity (Wildman–Crippen MR) is 132 cm³/mol. The number of imidazole rings is 1. The summed E-state index contributed by atoms with van der Waals surface area (Å²) >= 11 is 0. The highest BCUT2D eigenvalue weighted by molar-refractivity contribution is 5.93. The summed E-state index contributed by atoms with van der Waals surface area (Å²) < 4.78 is 21.2. The monoisotopic (exact) mass is 458 g/mol. The molecule has 0 spiro atoms. The van der Waals surface area contributed by atoms with Gasteiger partial charge in [0.05, 0.1) is 24.7 Å². The predicted octanol–water partition coefficient (Wildman–Crippen LogP) is 5.09. The summed E-state index contributed by atoms with van der Waals surface area (Å²) in [7, 11) is 1.61. The quantitative estimate of drug-likeness (QED) is 0.437. The molecule has 1 aliphatic rings. The number of carbonyl (C=O) groups excluding carboxylic acids is 1. The maximum atomic E-state index is 13.8. The topological polar surface area (TPSA) is 59.4 Å². The molecule has 4 aromatic rings. The van der Waals surface area contributed by atoms with Crippen molar-refractivity contribution in [2.75, 3.05) is 30.4 Å². The van der Waals surface area contributed by atoms with Crippen LogP contribution in [-0.2, 0) is 11.3 Å². The molecular formula is C27H27FN4O2. The molecule has 1 aliphatic heterocycles. The number of benzene rings is 3. The van der Waals surface area contributed by atoms with E-state index in [-0.39, 0.29) is 17.6 Å². The lowest BCUT2D eigenvalue weighted by atomic mass is 9.96. The van der Waals surface area contributed by atoms with Crippen LogP contribution in [0.4, 0.5) is 16.0 Å². The Kier molecular flexibility index (Phi) is 6.16. The maximum absolute atomic E-state index is 13.8. The average Bonchev–Trinajstić information content (AvgIpc) is 3.22. The normalized spacial score (nSPS) is 14.4. The molecule has 1 saturated heterocycles. The van der Waals surface area contributed by atoms with Crippen LogP contribution in [0.25, 0.3) is 11.0 Å². The second-order valence-corrected chi connectivity index (χ2v) is 8.60. The zero-order valence-corrected chi connectivity index (χ0v) is 19.1. The number of nitrogens with one attached hydrogen (secondary N) is 1. The van der Waals surface area contributed by atoms with Gasteiger partial charge in [-0.2, -0.15) is 0 Å². The summed E-state index contributed by atoms with van der Waals surface area (Å²) in [5.41, 5.74) is 3.55. The van der Waals surface area contributed by atoms with Gasteiger partial charge < -0.3 is 19.5 Å². The summed E-state index contributed by atoms with van der Waals surface area (Å²) in [4.78, 5) is 20.0. The summed E-state index contributed by atoms with van der Waals surface area (Å²) in [6.45, 7) is 1.98. The number of carbonyl (C=O) groups is 1. The van der Waals surface area contributed by atoms with Crippen molar-refractivity contribution < 1.29 is 13.9 Å². The van der Waals surface area contributed by atoms with Crippen LogP contribution >= 0.6 is 0 Å². The number of methoxy groups -OCH3 is 1. The Morgan fingerprint density at radius 2 is 1.85 bits per heavy atom. The Balaban J connectivity index is 1.32. The van der Waals surface area contributed by atoms with E-state index >= 15 is 0 Å². The van der Waals surface area contributed by atoms with Crippen molar-refractivity contribution in [1.29, 1.82) is 0 Å². The van der Waals surface area contributed by atoms with Crippen LogP contribution in [0.3, 0.4) is 0 Å². The molecule has 6 nitrogen and oxygen atoms in total. The van der Waals surface area contributed by atoms with E-state index < -0.39 is 0 Å². The van der Waals surface area contributed by atoms with Crippen LogP contribution in [0.2, 0.25) is 0 Å². The second-order valence-electron chi connectivity index (χ2n) is 8.60. The third-order valence-corrected chi connectivity index (χ3v) is 6.35. The van der Waals surface area contributed by atoms with Crippen LogP contribution in [0.1, 0.15) is 18.4 Å². The minimum atomic E-state index is -0.244. The number of ether oxygens (including phenoxy) is 1.